The molecule has 0 heterocycles. The molecular formula is C12H15ClFNO3. The second-order valence-electron chi connectivity index (χ2n) is 3.61. The molecule has 0 atom stereocenters. The summed E-state index contributed by atoms with van der Waals surface area (Å²) in [7, 11) is 1.50. The van der Waals surface area contributed by atoms with E-state index >= 15 is 0 Å². The molecule has 0 unspecified atom stereocenters. The number of aliphatic hydroxyl groups is 1. The first-order valence-corrected chi connectivity index (χ1v) is 5.82. The van der Waals surface area contributed by atoms with E-state index in [1.165, 1.54) is 30.2 Å². The largest absolute Gasteiger partial charge is 0.395 e. The summed E-state index contributed by atoms with van der Waals surface area (Å²) >= 11 is 5.82. The first-order chi connectivity index (χ1) is 8.61. The van der Waals surface area contributed by atoms with E-state index in [1.807, 2.05) is 0 Å². The van der Waals surface area contributed by atoms with E-state index in [-0.39, 0.29) is 30.3 Å². The molecule has 0 aliphatic carbocycles. The van der Waals surface area contributed by atoms with E-state index in [0.717, 1.165) is 0 Å². The summed E-state index contributed by atoms with van der Waals surface area (Å²) in [6.07, 6.45) is 0. The van der Waals surface area contributed by atoms with Gasteiger partial charge in [-0.3, -0.25) is 4.79 Å². The fraction of sp³-hybridized carbons (Fsp3) is 0.417. The molecule has 4 nitrogen and oxygen atoms in total. The van der Waals surface area contributed by atoms with Crippen molar-refractivity contribution in [3.8, 4) is 0 Å². The number of hydrogen-bond donors (Lipinski definition) is 1. The van der Waals surface area contributed by atoms with Gasteiger partial charge in [-0.05, 0) is 12.1 Å². The SMILES string of the molecule is COCCN(CCO)C(=O)c1c(F)cccc1Cl. The highest BCUT2D eigenvalue weighted by atomic mass is 35.5. The van der Waals surface area contributed by atoms with Gasteiger partial charge in [-0.25, -0.2) is 4.39 Å². The van der Waals surface area contributed by atoms with Crippen molar-refractivity contribution in [2.45, 2.75) is 0 Å². The summed E-state index contributed by atoms with van der Waals surface area (Å²) in [5.41, 5.74) is -0.177. The summed E-state index contributed by atoms with van der Waals surface area (Å²) in [6, 6.07) is 4.05. The molecule has 1 rings (SSSR count). The fourth-order valence-electron chi connectivity index (χ4n) is 1.50. The molecule has 100 valence electrons. The van der Waals surface area contributed by atoms with Crippen LogP contribution in [0.1, 0.15) is 10.4 Å². The standard InChI is InChI=1S/C12H15ClFNO3/c1-18-8-6-15(5-7-16)12(17)11-9(13)3-2-4-10(11)14/h2-4,16H,5-8H2,1H3. The number of hydrogen-bond acceptors (Lipinski definition) is 3. The summed E-state index contributed by atoms with van der Waals surface area (Å²) < 4.78 is 18.5. The van der Waals surface area contributed by atoms with Crippen LogP contribution in [-0.2, 0) is 4.74 Å². The van der Waals surface area contributed by atoms with Gasteiger partial charge < -0.3 is 14.7 Å². The number of methoxy groups -OCH3 is 1. The minimum Gasteiger partial charge on any atom is -0.395 e. The molecule has 6 heteroatoms. The molecule has 18 heavy (non-hydrogen) atoms. The molecular weight excluding hydrogens is 261 g/mol. The first kappa shape index (κ1) is 14.9. The third-order valence-corrected chi connectivity index (χ3v) is 2.71. The Balaban J connectivity index is 2.94. The molecule has 0 radical (unpaired) electrons. The number of carbonyl (C=O) groups excluding carboxylic acids is 1. The minimum atomic E-state index is -0.673. The van der Waals surface area contributed by atoms with Crippen molar-refractivity contribution < 1.29 is 19.0 Å². The number of benzene rings is 1. The van der Waals surface area contributed by atoms with Gasteiger partial charge in [0, 0.05) is 20.2 Å². The van der Waals surface area contributed by atoms with Crippen LogP contribution >= 0.6 is 11.6 Å². The second kappa shape index (κ2) is 7.31. The molecule has 0 fully saturated rings. The lowest BCUT2D eigenvalue weighted by molar-refractivity contribution is 0.0652. The van der Waals surface area contributed by atoms with Gasteiger partial charge in [-0.2, -0.15) is 0 Å². The molecule has 0 saturated heterocycles. The van der Waals surface area contributed by atoms with E-state index < -0.39 is 11.7 Å². The average molecular weight is 276 g/mol. The predicted molar refractivity (Wildman–Crippen MR) is 66.3 cm³/mol. The Kier molecular flexibility index (Phi) is 6.04. The van der Waals surface area contributed by atoms with E-state index in [1.54, 1.807) is 0 Å². The number of carbonyl (C=O) groups is 1. The van der Waals surface area contributed by atoms with Crippen LogP contribution in [0.5, 0.6) is 0 Å². The molecule has 0 saturated carbocycles. The molecule has 0 spiro atoms. The van der Waals surface area contributed by atoms with Crippen LogP contribution in [0.25, 0.3) is 0 Å². The summed E-state index contributed by atoms with van der Waals surface area (Å²) in [5.74, 6) is -1.22. The highest BCUT2D eigenvalue weighted by Gasteiger charge is 2.21. The van der Waals surface area contributed by atoms with Crippen molar-refractivity contribution in [3.05, 3.63) is 34.6 Å². The Bertz CT molecular complexity index is 394. The van der Waals surface area contributed by atoms with E-state index in [2.05, 4.69) is 0 Å². The molecule has 0 aromatic heterocycles. The lowest BCUT2D eigenvalue weighted by atomic mass is 10.2. The third kappa shape index (κ3) is 3.66. The highest BCUT2D eigenvalue weighted by Crippen LogP contribution is 2.20. The number of aliphatic hydroxyl groups excluding tert-OH is 1. The lowest BCUT2D eigenvalue weighted by Gasteiger charge is -2.22. The van der Waals surface area contributed by atoms with Gasteiger partial charge in [-0.1, -0.05) is 17.7 Å². The molecule has 0 aliphatic heterocycles. The van der Waals surface area contributed by atoms with Gasteiger partial charge >= 0.3 is 0 Å². The fourth-order valence-corrected chi connectivity index (χ4v) is 1.74. The second-order valence-corrected chi connectivity index (χ2v) is 4.01. The zero-order valence-electron chi connectivity index (χ0n) is 10.0. The van der Waals surface area contributed by atoms with Crippen LogP contribution in [-0.4, -0.2) is 49.3 Å². The Morgan fingerprint density at radius 1 is 1.50 bits per heavy atom. The van der Waals surface area contributed by atoms with Crippen LogP contribution in [0.2, 0.25) is 5.02 Å². The molecule has 0 aliphatic rings. The monoisotopic (exact) mass is 275 g/mol. The Morgan fingerprint density at radius 3 is 2.78 bits per heavy atom. The van der Waals surface area contributed by atoms with Gasteiger partial charge in [0.05, 0.1) is 23.8 Å². The highest BCUT2D eigenvalue weighted by molar-refractivity contribution is 6.33. The van der Waals surface area contributed by atoms with Gasteiger partial charge in [-0.15, -0.1) is 0 Å². The van der Waals surface area contributed by atoms with Gasteiger partial charge in [0.1, 0.15) is 5.82 Å². The molecule has 1 aromatic rings. The summed E-state index contributed by atoms with van der Waals surface area (Å²) in [6.45, 7) is 0.465. The zero-order chi connectivity index (χ0) is 13.5. The van der Waals surface area contributed by atoms with Crippen molar-refractivity contribution in [2.75, 3.05) is 33.4 Å². The van der Waals surface area contributed by atoms with Crippen LogP contribution in [0, 0.1) is 5.82 Å². The van der Waals surface area contributed by atoms with Crippen molar-refractivity contribution in [1.82, 2.24) is 4.90 Å². The third-order valence-electron chi connectivity index (χ3n) is 2.40. The van der Waals surface area contributed by atoms with E-state index in [9.17, 15) is 9.18 Å². The van der Waals surface area contributed by atoms with Crippen molar-refractivity contribution >= 4 is 17.5 Å². The van der Waals surface area contributed by atoms with Gasteiger partial charge in [0.2, 0.25) is 0 Å². The number of amides is 1. The lowest BCUT2D eigenvalue weighted by Crippen LogP contribution is -2.36. The van der Waals surface area contributed by atoms with Crippen LogP contribution < -0.4 is 0 Å². The Labute approximate surface area is 110 Å². The summed E-state index contributed by atoms with van der Waals surface area (Å²) in [5, 5.41) is 8.96. The van der Waals surface area contributed by atoms with E-state index in [4.69, 9.17) is 21.4 Å². The number of rotatable bonds is 6. The van der Waals surface area contributed by atoms with Crippen molar-refractivity contribution in [3.63, 3.8) is 0 Å². The maximum Gasteiger partial charge on any atom is 0.258 e. The van der Waals surface area contributed by atoms with Crippen LogP contribution in [0.4, 0.5) is 4.39 Å². The van der Waals surface area contributed by atoms with Gasteiger partial charge in [0.25, 0.3) is 5.91 Å². The van der Waals surface area contributed by atoms with Crippen molar-refractivity contribution in [2.24, 2.45) is 0 Å². The first-order valence-electron chi connectivity index (χ1n) is 5.45. The molecule has 1 aromatic carbocycles. The topological polar surface area (TPSA) is 49.8 Å². The maximum atomic E-state index is 13.6. The number of nitrogens with zero attached hydrogens (tertiary/aromatic N) is 1. The average Bonchev–Trinajstić information content (AvgIpc) is 2.34. The smallest absolute Gasteiger partial charge is 0.258 e. The normalized spacial score (nSPS) is 10.4. The van der Waals surface area contributed by atoms with Crippen molar-refractivity contribution in [1.29, 1.82) is 0 Å². The van der Waals surface area contributed by atoms with Crippen LogP contribution in [0.15, 0.2) is 18.2 Å². The molecule has 0 bridgehead atoms. The quantitative estimate of drug-likeness (QED) is 0.857. The van der Waals surface area contributed by atoms with Gasteiger partial charge in [0.15, 0.2) is 0 Å². The maximum absolute atomic E-state index is 13.6. The number of ether oxygens (including phenoxy) is 1. The zero-order valence-corrected chi connectivity index (χ0v) is 10.8. The Hall–Kier alpha value is -1.17. The minimum absolute atomic E-state index is 0.0559. The molecule has 1 N–H and O–H groups in total. The summed E-state index contributed by atoms with van der Waals surface area (Å²) in [4.78, 5) is 13.4. The molecule has 1 amide bonds. The van der Waals surface area contributed by atoms with Crippen LogP contribution in [0.3, 0.4) is 0 Å². The Morgan fingerprint density at radius 2 is 2.22 bits per heavy atom. The number of halogens is 2. The van der Waals surface area contributed by atoms with E-state index in [0.29, 0.717) is 6.61 Å². The predicted octanol–water partition coefficient (Wildman–Crippen LogP) is 1.56.